The van der Waals surface area contributed by atoms with Gasteiger partial charge in [-0.05, 0) is 12.1 Å². The molecule has 2 aromatic rings. The lowest BCUT2D eigenvalue weighted by Gasteiger charge is -2.37. The normalized spacial score (nSPS) is 13.9. The third-order valence-corrected chi connectivity index (χ3v) is 5.00. The zero-order chi connectivity index (χ0) is 21.0. The smallest absolute Gasteiger partial charge is 0.261 e. The van der Waals surface area contributed by atoms with Gasteiger partial charge in [-0.3, -0.25) is 14.3 Å². The number of hydrogen-bond acceptors (Lipinski definition) is 6. The van der Waals surface area contributed by atoms with Crippen LogP contribution in [0.3, 0.4) is 0 Å². The maximum Gasteiger partial charge on any atom is 0.261 e. The molecule has 0 bridgehead atoms. The average Bonchev–Trinajstić information content (AvgIpc) is 3.13. The molecule has 0 radical (unpaired) electrons. The minimum Gasteiger partial charge on any atom is -0.495 e. The molecule has 1 aliphatic rings. The van der Waals surface area contributed by atoms with Crippen molar-refractivity contribution in [2.75, 3.05) is 58.9 Å². The Bertz CT molecular complexity index is 874. The van der Waals surface area contributed by atoms with Crippen LogP contribution < -0.4 is 14.4 Å². The molecule has 2 heterocycles. The Morgan fingerprint density at radius 2 is 1.79 bits per heavy atom. The standard InChI is InChI=1S/C20H27N5O4/c1-22(20(27)15-13-23(2)21-19(15)29-4)14-18(26)25-11-9-24(10-12-25)16-7-5-6-8-17(16)28-3/h5-8,13H,9-12,14H2,1-4H3. The number of nitrogens with zero attached hydrogens (tertiary/aromatic N) is 5. The first-order valence-corrected chi connectivity index (χ1v) is 9.43. The number of carbonyl (C=O) groups excluding carboxylic acids is 2. The van der Waals surface area contributed by atoms with Crippen molar-refractivity contribution in [3.05, 3.63) is 36.0 Å². The number of hydrogen-bond donors (Lipinski definition) is 0. The van der Waals surface area contributed by atoms with Crippen molar-refractivity contribution < 1.29 is 19.1 Å². The fourth-order valence-electron chi connectivity index (χ4n) is 3.43. The average molecular weight is 401 g/mol. The van der Waals surface area contributed by atoms with Gasteiger partial charge in [0.05, 0.1) is 26.5 Å². The van der Waals surface area contributed by atoms with E-state index in [-0.39, 0.29) is 24.2 Å². The summed E-state index contributed by atoms with van der Waals surface area (Å²) in [5.74, 6) is 0.699. The first-order chi connectivity index (χ1) is 13.9. The lowest BCUT2D eigenvalue weighted by molar-refractivity contribution is -0.131. The van der Waals surface area contributed by atoms with Crippen LogP contribution in [0.15, 0.2) is 30.5 Å². The van der Waals surface area contributed by atoms with Gasteiger partial charge in [-0.15, -0.1) is 5.10 Å². The molecule has 1 fully saturated rings. The second kappa shape index (κ2) is 8.85. The highest BCUT2D eigenvalue weighted by molar-refractivity contribution is 5.98. The summed E-state index contributed by atoms with van der Waals surface area (Å²) in [6.45, 7) is 2.61. The highest BCUT2D eigenvalue weighted by Gasteiger charge is 2.26. The summed E-state index contributed by atoms with van der Waals surface area (Å²) >= 11 is 0. The molecule has 1 aliphatic heterocycles. The number of anilines is 1. The lowest BCUT2D eigenvalue weighted by atomic mass is 10.2. The maximum absolute atomic E-state index is 12.7. The number of aromatic nitrogens is 2. The summed E-state index contributed by atoms with van der Waals surface area (Å²) in [5, 5.41) is 4.09. The Hall–Kier alpha value is -3.23. The number of benzene rings is 1. The first-order valence-electron chi connectivity index (χ1n) is 9.43. The van der Waals surface area contributed by atoms with Gasteiger partial charge in [-0.2, -0.15) is 0 Å². The number of aryl methyl sites for hydroxylation is 1. The highest BCUT2D eigenvalue weighted by Crippen LogP contribution is 2.28. The van der Waals surface area contributed by atoms with Crippen LogP contribution in [0.5, 0.6) is 11.6 Å². The highest BCUT2D eigenvalue weighted by atomic mass is 16.5. The molecule has 156 valence electrons. The van der Waals surface area contributed by atoms with Gasteiger partial charge in [0.25, 0.3) is 5.91 Å². The predicted molar refractivity (Wildman–Crippen MR) is 109 cm³/mol. The molecule has 0 N–H and O–H groups in total. The van der Waals surface area contributed by atoms with E-state index < -0.39 is 0 Å². The van der Waals surface area contributed by atoms with E-state index in [1.807, 2.05) is 24.3 Å². The van der Waals surface area contributed by atoms with Crippen molar-refractivity contribution in [1.29, 1.82) is 0 Å². The van der Waals surface area contributed by atoms with E-state index in [0.29, 0.717) is 31.7 Å². The summed E-state index contributed by atoms with van der Waals surface area (Å²) < 4.78 is 12.1. The molecule has 0 spiro atoms. The van der Waals surface area contributed by atoms with Gasteiger partial charge in [0, 0.05) is 46.5 Å². The van der Waals surface area contributed by atoms with Crippen LogP contribution >= 0.6 is 0 Å². The van der Waals surface area contributed by atoms with E-state index in [9.17, 15) is 9.59 Å². The first kappa shape index (κ1) is 20.5. The Labute approximate surface area is 170 Å². The SMILES string of the molecule is COc1ccccc1N1CCN(C(=O)CN(C)C(=O)c2cn(C)nc2OC)CC1. The van der Waals surface area contributed by atoms with Crippen molar-refractivity contribution >= 4 is 17.5 Å². The number of para-hydroxylation sites is 2. The molecule has 2 amide bonds. The van der Waals surface area contributed by atoms with Crippen LogP contribution in [0.25, 0.3) is 0 Å². The number of rotatable bonds is 6. The van der Waals surface area contributed by atoms with Gasteiger partial charge >= 0.3 is 0 Å². The zero-order valence-electron chi connectivity index (χ0n) is 17.3. The van der Waals surface area contributed by atoms with E-state index in [4.69, 9.17) is 9.47 Å². The summed E-state index contributed by atoms with van der Waals surface area (Å²) in [6.07, 6.45) is 1.59. The van der Waals surface area contributed by atoms with Crippen LogP contribution in [0.4, 0.5) is 5.69 Å². The van der Waals surface area contributed by atoms with Crippen molar-refractivity contribution in [3.63, 3.8) is 0 Å². The van der Waals surface area contributed by atoms with Crippen LogP contribution in [-0.2, 0) is 11.8 Å². The van der Waals surface area contributed by atoms with Gasteiger partial charge in [-0.25, -0.2) is 0 Å². The minimum absolute atomic E-state index is 0.00550. The second-order valence-electron chi connectivity index (χ2n) is 6.93. The van der Waals surface area contributed by atoms with Crippen molar-refractivity contribution in [2.45, 2.75) is 0 Å². The van der Waals surface area contributed by atoms with Gasteiger partial charge < -0.3 is 24.2 Å². The van der Waals surface area contributed by atoms with Gasteiger partial charge in [-0.1, -0.05) is 12.1 Å². The zero-order valence-corrected chi connectivity index (χ0v) is 17.3. The Kier molecular flexibility index (Phi) is 6.26. The molecule has 0 atom stereocenters. The molecule has 9 nitrogen and oxygen atoms in total. The number of ether oxygens (including phenoxy) is 2. The maximum atomic E-state index is 12.7. The molecule has 1 aromatic heterocycles. The van der Waals surface area contributed by atoms with E-state index in [2.05, 4.69) is 10.00 Å². The third kappa shape index (κ3) is 4.44. The summed E-state index contributed by atoms with van der Waals surface area (Å²) in [6, 6.07) is 7.86. The number of amides is 2. The van der Waals surface area contributed by atoms with Gasteiger partial charge in [0.15, 0.2) is 0 Å². The Morgan fingerprint density at radius 1 is 1.10 bits per heavy atom. The molecule has 1 aromatic carbocycles. The van der Waals surface area contributed by atoms with Crippen molar-refractivity contribution in [3.8, 4) is 11.6 Å². The molecule has 3 rings (SSSR count). The summed E-state index contributed by atoms with van der Waals surface area (Å²) in [7, 11) is 6.44. The molecular formula is C20H27N5O4. The van der Waals surface area contributed by atoms with Crippen molar-refractivity contribution in [1.82, 2.24) is 19.6 Å². The minimum atomic E-state index is -0.295. The number of likely N-dealkylation sites (N-methyl/N-ethyl adjacent to an activating group) is 1. The van der Waals surface area contributed by atoms with E-state index in [1.54, 1.807) is 32.3 Å². The predicted octanol–water partition coefficient (Wildman–Crippen LogP) is 0.858. The van der Waals surface area contributed by atoms with Crippen LogP contribution in [0.1, 0.15) is 10.4 Å². The van der Waals surface area contributed by atoms with Crippen LogP contribution in [0, 0.1) is 0 Å². The Morgan fingerprint density at radius 3 is 2.45 bits per heavy atom. The van der Waals surface area contributed by atoms with Crippen molar-refractivity contribution in [2.24, 2.45) is 7.05 Å². The molecule has 0 saturated carbocycles. The lowest BCUT2D eigenvalue weighted by Crippen LogP contribution is -2.51. The summed E-state index contributed by atoms with van der Waals surface area (Å²) in [4.78, 5) is 30.8. The molecule has 0 unspecified atom stereocenters. The monoisotopic (exact) mass is 401 g/mol. The van der Waals surface area contributed by atoms with Crippen LogP contribution in [0.2, 0.25) is 0 Å². The number of carbonyl (C=O) groups is 2. The Balaban J connectivity index is 1.57. The molecule has 0 aliphatic carbocycles. The molecule has 29 heavy (non-hydrogen) atoms. The van der Waals surface area contributed by atoms with Crippen LogP contribution in [-0.4, -0.2) is 85.4 Å². The largest absolute Gasteiger partial charge is 0.495 e. The summed E-state index contributed by atoms with van der Waals surface area (Å²) in [5.41, 5.74) is 1.37. The second-order valence-corrected chi connectivity index (χ2v) is 6.93. The fraction of sp³-hybridized carbons (Fsp3) is 0.450. The number of methoxy groups -OCH3 is 2. The topological polar surface area (TPSA) is 80.1 Å². The van der Waals surface area contributed by atoms with E-state index in [1.165, 1.54) is 16.7 Å². The number of piperazine rings is 1. The van der Waals surface area contributed by atoms with E-state index >= 15 is 0 Å². The molecule has 1 saturated heterocycles. The van der Waals surface area contributed by atoms with Gasteiger partial charge in [0.1, 0.15) is 11.3 Å². The quantitative estimate of drug-likeness (QED) is 0.714. The fourth-order valence-corrected chi connectivity index (χ4v) is 3.43. The van der Waals surface area contributed by atoms with E-state index in [0.717, 1.165) is 11.4 Å². The van der Waals surface area contributed by atoms with Gasteiger partial charge in [0.2, 0.25) is 11.8 Å². The molecule has 9 heteroatoms. The molecular weight excluding hydrogens is 374 g/mol. The third-order valence-electron chi connectivity index (χ3n) is 5.00.